The fraction of sp³-hybridized carbons (Fsp3) is 0.778. The summed E-state index contributed by atoms with van der Waals surface area (Å²) < 4.78 is 0. The van der Waals surface area contributed by atoms with Gasteiger partial charge in [0.2, 0.25) is 0 Å². The zero-order valence-corrected chi connectivity index (χ0v) is 16.8. The van der Waals surface area contributed by atoms with Crippen molar-refractivity contribution in [3.8, 4) is 0 Å². The van der Waals surface area contributed by atoms with Crippen molar-refractivity contribution < 1.29 is 0 Å². The molecule has 3 aliphatic rings. The van der Waals surface area contributed by atoms with Crippen LogP contribution in [0.5, 0.6) is 0 Å². The molecule has 3 atom stereocenters. The highest BCUT2D eigenvalue weighted by molar-refractivity contribution is 7.10. The van der Waals surface area contributed by atoms with Gasteiger partial charge in [-0.15, -0.1) is 36.2 Å². The van der Waals surface area contributed by atoms with Crippen molar-refractivity contribution in [3.63, 3.8) is 0 Å². The van der Waals surface area contributed by atoms with Gasteiger partial charge in [0.25, 0.3) is 0 Å². The zero-order chi connectivity index (χ0) is 14.9. The first-order valence-electron chi connectivity index (χ1n) is 9.04. The predicted octanol–water partition coefficient (Wildman–Crippen LogP) is 3.75. The molecule has 2 N–H and O–H groups in total. The molecule has 6 heteroatoms. The lowest BCUT2D eigenvalue weighted by molar-refractivity contribution is 0.141. The molecule has 0 radical (unpaired) electrons. The summed E-state index contributed by atoms with van der Waals surface area (Å²) in [5.41, 5.74) is 7.84. The van der Waals surface area contributed by atoms with E-state index in [9.17, 15) is 0 Å². The summed E-state index contributed by atoms with van der Waals surface area (Å²) in [5, 5.41) is 2.38. The van der Waals surface area contributed by atoms with Gasteiger partial charge < -0.3 is 5.73 Å². The molecule has 2 bridgehead atoms. The van der Waals surface area contributed by atoms with Crippen LogP contribution in [0.25, 0.3) is 0 Å². The van der Waals surface area contributed by atoms with Gasteiger partial charge in [-0.25, -0.2) is 0 Å². The average molecular weight is 392 g/mol. The topological polar surface area (TPSA) is 32.5 Å². The molecule has 3 heterocycles. The Hall–Kier alpha value is 0.160. The number of nitrogens with zero attached hydrogens (tertiary/aromatic N) is 2. The number of likely N-dealkylation sites (tertiary alicyclic amines) is 2. The van der Waals surface area contributed by atoms with E-state index in [1.165, 1.54) is 63.8 Å². The van der Waals surface area contributed by atoms with E-state index in [4.69, 9.17) is 5.73 Å². The first-order valence-corrected chi connectivity index (χ1v) is 9.92. The van der Waals surface area contributed by atoms with Crippen molar-refractivity contribution in [1.82, 2.24) is 9.80 Å². The second-order valence-electron chi connectivity index (χ2n) is 7.63. The average Bonchev–Trinajstić information content (AvgIpc) is 3.02. The maximum Gasteiger partial charge on any atom is 0.0328 e. The fourth-order valence-electron chi connectivity index (χ4n) is 4.68. The fourth-order valence-corrected chi connectivity index (χ4v) is 5.60. The van der Waals surface area contributed by atoms with Gasteiger partial charge in [-0.2, -0.15) is 0 Å². The van der Waals surface area contributed by atoms with E-state index in [1.807, 2.05) is 11.3 Å². The van der Waals surface area contributed by atoms with Gasteiger partial charge in [-0.05, 0) is 67.6 Å². The minimum absolute atomic E-state index is 0. The molecule has 0 aromatic carbocycles. The number of thiophene rings is 1. The van der Waals surface area contributed by atoms with Crippen molar-refractivity contribution in [2.75, 3.05) is 26.2 Å². The molecule has 2 aliphatic heterocycles. The Kier molecular flexibility index (Phi) is 7.85. The third kappa shape index (κ3) is 4.66. The minimum atomic E-state index is 0. The Morgan fingerprint density at radius 3 is 2.29 bits per heavy atom. The molecule has 1 unspecified atom stereocenters. The summed E-state index contributed by atoms with van der Waals surface area (Å²) in [6.45, 7) is 7.32. The summed E-state index contributed by atoms with van der Waals surface area (Å²) in [7, 11) is 0. The van der Waals surface area contributed by atoms with Crippen LogP contribution < -0.4 is 5.73 Å². The van der Waals surface area contributed by atoms with Crippen LogP contribution >= 0.6 is 36.2 Å². The quantitative estimate of drug-likeness (QED) is 0.847. The third-order valence-electron chi connectivity index (χ3n) is 5.92. The van der Waals surface area contributed by atoms with Crippen molar-refractivity contribution in [1.29, 1.82) is 0 Å². The standard InChI is InChI=1S/C18H29N3S.2ClH/c19-18-15-4-5-16(18)11-21(10-15)12-17-8-14(13-22-17)9-20-6-2-1-3-7-20;;/h8,13,15-16,18H,1-7,9-12,19H2;2*1H/t15-,16+,18?;;. The van der Waals surface area contributed by atoms with Crippen LogP contribution in [0.3, 0.4) is 0 Å². The summed E-state index contributed by atoms with van der Waals surface area (Å²) >= 11 is 1.96. The smallest absolute Gasteiger partial charge is 0.0328 e. The lowest BCUT2D eigenvalue weighted by Gasteiger charge is -2.35. The summed E-state index contributed by atoms with van der Waals surface area (Å²) in [6, 6.07) is 2.93. The highest BCUT2D eigenvalue weighted by atomic mass is 35.5. The Bertz CT molecular complexity index is 490. The van der Waals surface area contributed by atoms with E-state index in [1.54, 1.807) is 4.88 Å². The molecule has 3 fully saturated rings. The van der Waals surface area contributed by atoms with Crippen LogP contribution in [0, 0.1) is 11.8 Å². The predicted molar refractivity (Wildman–Crippen MR) is 107 cm³/mol. The van der Waals surface area contributed by atoms with Gasteiger partial charge in [0, 0.05) is 37.1 Å². The molecule has 0 spiro atoms. The molecule has 1 aliphatic carbocycles. The minimum Gasteiger partial charge on any atom is -0.327 e. The molecular weight excluding hydrogens is 361 g/mol. The Labute approximate surface area is 162 Å². The van der Waals surface area contributed by atoms with E-state index in [0.717, 1.165) is 24.9 Å². The largest absolute Gasteiger partial charge is 0.327 e. The highest BCUT2D eigenvalue weighted by Gasteiger charge is 2.39. The van der Waals surface area contributed by atoms with Crippen molar-refractivity contribution >= 4 is 36.2 Å². The molecule has 0 amide bonds. The molecule has 24 heavy (non-hydrogen) atoms. The van der Waals surface area contributed by atoms with Crippen LogP contribution in [-0.4, -0.2) is 42.0 Å². The normalized spacial score (nSPS) is 30.6. The van der Waals surface area contributed by atoms with Gasteiger partial charge in [0.05, 0.1) is 0 Å². The second kappa shape index (κ2) is 9.20. The zero-order valence-electron chi connectivity index (χ0n) is 14.4. The molecule has 1 aromatic heterocycles. The number of hydrogen-bond acceptors (Lipinski definition) is 4. The van der Waals surface area contributed by atoms with Gasteiger partial charge in [0.15, 0.2) is 0 Å². The van der Waals surface area contributed by atoms with Crippen LogP contribution in [0.1, 0.15) is 42.5 Å². The van der Waals surface area contributed by atoms with Gasteiger partial charge in [-0.1, -0.05) is 6.42 Å². The maximum absolute atomic E-state index is 6.32. The Morgan fingerprint density at radius 1 is 0.958 bits per heavy atom. The van der Waals surface area contributed by atoms with E-state index in [0.29, 0.717) is 6.04 Å². The number of piperidine rings is 2. The number of rotatable bonds is 4. The van der Waals surface area contributed by atoms with Crippen molar-refractivity contribution in [2.24, 2.45) is 17.6 Å². The lowest BCUT2D eigenvalue weighted by Crippen LogP contribution is -2.48. The van der Waals surface area contributed by atoms with Gasteiger partial charge in [0.1, 0.15) is 0 Å². The van der Waals surface area contributed by atoms with E-state index < -0.39 is 0 Å². The van der Waals surface area contributed by atoms with Gasteiger partial charge in [-0.3, -0.25) is 9.80 Å². The van der Waals surface area contributed by atoms with Crippen LogP contribution in [0.2, 0.25) is 0 Å². The Balaban J connectivity index is 0.00000104. The molecule has 138 valence electrons. The molecule has 3 nitrogen and oxygen atoms in total. The molecule has 1 aromatic rings. The lowest BCUT2D eigenvalue weighted by atomic mass is 9.93. The summed E-state index contributed by atoms with van der Waals surface area (Å²) in [6.07, 6.45) is 6.90. The molecule has 4 rings (SSSR count). The first-order chi connectivity index (χ1) is 10.8. The SMILES string of the molecule is Cl.Cl.NC1[C@@H]2CC[C@H]1CN(Cc1cc(CN3CCCCC3)cs1)C2. The van der Waals surface area contributed by atoms with Crippen molar-refractivity contribution in [3.05, 3.63) is 21.9 Å². The van der Waals surface area contributed by atoms with Gasteiger partial charge >= 0.3 is 0 Å². The second-order valence-corrected chi connectivity index (χ2v) is 8.62. The van der Waals surface area contributed by atoms with Crippen LogP contribution in [0.4, 0.5) is 0 Å². The summed E-state index contributed by atoms with van der Waals surface area (Å²) in [4.78, 5) is 6.82. The van der Waals surface area contributed by atoms with Crippen LogP contribution in [0.15, 0.2) is 11.4 Å². The molecule has 2 saturated heterocycles. The van der Waals surface area contributed by atoms with E-state index in [-0.39, 0.29) is 24.8 Å². The number of nitrogens with two attached hydrogens (primary N) is 1. The Morgan fingerprint density at radius 2 is 1.62 bits per heavy atom. The summed E-state index contributed by atoms with van der Waals surface area (Å²) in [5.74, 6) is 1.51. The molecule has 1 saturated carbocycles. The number of fused-ring (bicyclic) bond motifs is 2. The number of hydrogen-bond donors (Lipinski definition) is 1. The van der Waals surface area contributed by atoms with E-state index in [2.05, 4.69) is 21.2 Å². The maximum atomic E-state index is 6.32. The third-order valence-corrected chi connectivity index (χ3v) is 6.89. The first kappa shape index (κ1) is 20.5. The monoisotopic (exact) mass is 391 g/mol. The van der Waals surface area contributed by atoms with Crippen molar-refractivity contribution in [2.45, 2.75) is 51.2 Å². The van der Waals surface area contributed by atoms with Crippen LogP contribution in [-0.2, 0) is 13.1 Å². The molecular formula is C18H31Cl2N3S. The number of halogens is 2. The highest BCUT2D eigenvalue weighted by Crippen LogP contribution is 2.36. The van der Waals surface area contributed by atoms with E-state index >= 15 is 0 Å².